The van der Waals surface area contributed by atoms with Crippen molar-refractivity contribution in [2.45, 2.75) is 56.4 Å². The van der Waals surface area contributed by atoms with Crippen molar-refractivity contribution in [3.05, 3.63) is 47.5 Å². The number of benzene rings is 2. The van der Waals surface area contributed by atoms with E-state index in [0.29, 0.717) is 29.2 Å². The number of hydrogen-bond acceptors (Lipinski definition) is 7. The van der Waals surface area contributed by atoms with Crippen LogP contribution in [-0.2, 0) is 14.8 Å². The highest BCUT2D eigenvalue weighted by atomic mass is 32.2. The minimum absolute atomic E-state index is 0.118. The van der Waals surface area contributed by atoms with Crippen LogP contribution in [0.3, 0.4) is 0 Å². The van der Waals surface area contributed by atoms with Crippen molar-refractivity contribution in [2.75, 3.05) is 19.5 Å². The van der Waals surface area contributed by atoms with Crippen LogP contribution >= 0.6 is 0 Å². The normalized spacial score (nSPS) is 15.4. The van der Waals surface area contributed by atoms with Gasteiger partial charge in [0, 0.05) is 11.3 Å². The molecule has 0 radical (unpaired) electrons. The minimum Gasteiger partial charge on any atom is -0.493 e. The second-order valence-electron chi connectivity index (χ2n) is 9.30. The molecule has 0 heterocycles. The maximum absolute atomic E-state index is 13.3. The number of nitrogens with two attached hydrogens (primary N) is 2. The Hall–Kier alpha value is -3.64. The molecule has 1 atom stereocenters. The Balaban J connectivity index is 1.83. The number of hydrogen-bond donors (Lipinski definition) is 4. The number of carbonyl (C=O) groups excluding carboxylic acids is 2. The molecule has 2 amide bonds. The first-order valence-electron chi connectivity index (χ1n) is 12.3. The van der Waals surface area contributed by atoms with E-state index in [9.17, 15) is 18.0 Å². The van der Waals surface area contributed by atoms with Crippen LogP contribution < -0.4 is 31.0 Å². The van der Waals surface area contributed by atoms with E-state index in [1.807, 2.05) is 0 Å². The second kappa shape index (κ2) is 12.7. The number of nitrogens with one attached hydrogen (secondary N) is 2. The molecule has 2 aromatic rings. The number of aryl methyl sites for hydroxylation is 1. The average Bonchev–Trinajstić information content (AvgIpc) is 2.88. The predicted octanol–water partition coefficient (Wildman–Crippen LogP) is 2.68. The first-order chi connectivity index (χ1) is 18.0. The summed E-state index contributed by atoms with van der Waals surface area (Å²) in [5.74, 6) is -0.0847. The van der Waals surface area contributed by atoms with Gasteiger partial charge in [-0.3, -0.25) is 14.9 Å². The van der Waals surface area contributed by atoms with E-state index >= 15 is 0 Å². The van der Waals surface area contributed by atoms with Crippen LogP contribution in [0.25, 0.3) is 0 Å². The minimum atomic E-state index is -3.95. The number of nitrogens with zero attached hydrogens (tertiary/aromatic N) is 1. The summed E-state index contributed by atoms with van der Waals surface area (Å²) < 4.78 is 34.0. The average molecular weight is 546 g/mol. The van der Waals surface area contributed by atoms with Gasteiger partial charge in [-0.05, 0) is 55.2 Å². The lowest BCUT2D eigenvalue weighted by Crippen LogP contribution is -2.40. The van der Waals surface area contributed by atoms with E-state index in [-0.39, 0.29) is 22.3 Å². The van der Waals surface area contributed by atoms with E-state index in [1.165, 1.54) is 32.4 Å². The van der Waals surface area contributed by atoms with Crippen molar-refractivity contribution in [2.24, 2.45) is 21.8 Å². The number of ether oxygens (including phenoxy) is 2. The van der Waals surface area contributed by atoms with Gasteiger partial charge in [-0.2, -0.15) is 0 Å². The molecule has 0 aromatic heterocycles. The summed E-state index contributed by atoms with van der Waals surface area (Å²) in [6.07, 6.45) is 5.67. The largest absolute Gasteiger partial charge is 0.493 e. The summed E-state index contributed by atoms with van der Waals surface area (Å²) in [4.78, 5) is 30.4. The molecule has 0 saturated heterocycles. The molecule has 2 aromatic carbocycles. The maximum atomic E-state index is 13.3. The van der Waals surface area contributed by atoms with Crippen LogP contribution in [0, 0.1) is 12.8 Å². The number of primary sulfonamides is 1. The van der Waals surface area contributed by atoms with Gasteiger partial charge in [0.2, 0.25) is 15.9 Å². The quantitative estimate of drug-likeness (QED) is 0.277. The predicted molar refractivity (Wildman–Crippen MR) is 145 cm³/mol. The summed E-state index contributed by atoms with van der Waals surface area (Å²) in [6, 6.07) is 8.00. The standard InChI is InChI=1S/C26H35N5O6S/c1-16-9-11-19(38(28,34)35)15-20(16)29-25(33)21(13-17-7-5-4-6-8-17)30-26(27)31-24(32)18-10-12-22(36-2)23(14-18)37-3/h9-12,14-15,17,21H,4-8,13H2,1-3H3,(H,29,33)(H2,28,34,35)(H3,27,30,31,32)/t21-/m1/s1. The van der Waals surface area contributed by atoms with Crippen molar-refractivity contribution >= 4 is 33.5 Å². The molecule has 11 nitrogen and oxygen atoms in total. The van der Waals surface area contributed by atoms with Gasteiger partial charge in [0.15, 0.2) is 17.5 Å². The van der Waals surface area contributed by atoms with Crippen LogP contribution in [-0.4, -0.2) is 46.5 Å². The number of sulfonamides is 1. The van der Waals surface area contributed by atoms with E-state index in [1.54, 1.807) is 25.1 Å². The third kappa shape index (κ3) is 7.68. The van der Waals surface area contributed by atoms with Gasteiger partial charge in [0.1, 0.15) is 6.04 Å². The smallest absolute Gasteiger partial charge is 0.258 e. The number of carbonyl (C=O) groups is 2. The molecule has 0 aliphatic heterocycles. The summed E-state index contributed by atoms with van der Waals surface area (Å²) in [5, 5.41) is 10.5. The summed E-state index contributed by atoms with van der Waals surface area (Å²) in [5.41, 5.74) is 7.30. The Labute approximate surface area is 223 Å². The zero-order valence-corrected chi connectivity index (χ0v) is 22.6. The molecule has 0 bridgehead atoms. The summed E-state index contributed by atoms with van der Waals surface area (Å²) in [6.45, 7) is 1.74. The molecule has 0 unspecified atom stereocenters. The first kappa shape index (κ1) is 28.9. The molecule has 1 saturated carbocycles. The van der Waals surface area contributed by atoms with Crippen LogP contribution in [0.1, 0.15) is 54.4 Å². The Bertz CT molecular complexity index is 1310. The van der Waals surface area contributed by atoms with Crippen molar-refractivity contribution in [3.8, 4) is 11.5 Å². The lowest BCUT2D eigenvalue weighted by molar-refractivity contribution is -0.117. The van der Waals surface area contributed by atoms with Gasteiger partial charge in [0.05, 0.1) is 19.1 Å². The SMILES string of the molecule is COc1ccc(C(=O)NC(N)=N[C@H](CC2CCCCC2)C(=O)Nc2cc(S(N)(=O)=O)ccc2C)cc1OC. The van der Waals surface area contributed by atoms with Crippen molar-refractivity contribution in [1.82, 2.24) is 5.32 Å². The summed E-state index contributed by atoms with van der Waals surface area (Å²) in [7, 11) is -0.997. The topological polar surface area (TPSA) is 175 Å². The third-order valence-electron chi connectivity index (χ3n) is 6.56. The number of amides is 2. The highest BCUT2D eigenvalue weighted by Crippen LogP contribution is 2.29. The zero-order chi connectivity index (χ0) is 27.9. The Morgan fingerprint density at radius 2 is 1.74 bits per heavy atom. The van der Waals surface area contributed by atoms with Gasteiger partial charge in [-0.25, -0.2) is 18.5 Å². The molecule has 12 heteroatoms. The Kier molecular flexibility index (Phi) is 9.70. The van der Waals surface area contributed by atoms with Gasteiger partial charge in [-0.15, -0.1) is 0 Å². The van der Waals surface area contributed by atoms with Crippen molar-refractivity contribution in [3.63, 3.8) is 0 Å². The highest BCUT2D eigenvalue weighted by molar-refractivity contribution is 7.89. The fraction of sp³-hybridized carbons (Fsp3) is 0.423. The van der Waals surface area contributed by atoms with Gasteiger partial charge in [0.25, 0.3) is 5.91 Å². The van der Waals surface area contributed by atoms with Crippen LogP contribution in [0.15, 0.2) is 46.3 Å². The number of rotatable bonds is 9. The fourth-order valence-electron chi connectivity index (χ4n) is 4.45. The van der Waals surface area contributed by atoms with Crippen LogP contribution in [0.4, 0.5) is 5.69 Å². The molecule has 0 spiro atoms. The molecule has 6 N–H and O–H groups in total. The van der Waals surface area contributed by atoms with Crippen LogP contribution in [0.5, 0.6) is 11.5 Å². The monoisotopic (exact) mass is 545 g/mol. The van der Waals surface area contributed by atoms with Crippen molar-refractivity contribution in [1.29, 1.82) is 0 Å². The molecule has 3 rings (SSSR count). The Morgan fingerprint density at radius 1 is 1.05 bits per heavy atom. The molecule has 1 aliphatic carbocycles. The van der Waals surface area contributed by atoms with Gasteiger partial charge < -0.3 is 20.5 Å². The van der Waals surface area contributed by atoms with E-state index in [2.05, 4.69) is 15.6 Å². The van der Waals surface area contributed by atoms with E-state index in [0.717, 1.165) is 32.1 Å². The highest BCUT2D eigenvalue weighted by Gasteiger charge is 2.26. The van der Waals surface area contributed by atoms with Crippen molar-refractivity contribution < 1.29 is 27.5 Å². The van der Waals surface area contributed by atoms with E-state index < -0.39 is 27.9 Å². The number of methoxy groups -OCH3 is 2. The lowest BCUT2D eigenvalue weighted by Gasteiger charge is -2.24. The molecular formula is C26H35N5O6S. The molecule has 38 heavy (non-hydrogen) atoms. The van der Waals surface area contributed by atoms with Gasteiger partial charge >= 0.3 is 0 Å². The summed E-state index contributed by atoms with van der Waals surface area (Å²) >= 11 is 0. The number of aliphatic imine (C=N–C) groups is 1. The van der Waals surface area contributed by atoms with E-state index in [4.69, 9.17) is 20.3 Å². The number of anilines is 1. The molecule has 206 valence electrons. The molecular weight excluding hydrogens is 510 g/mol. The second-order valence-corrected chi connectivity index (χ2v) is 10.9. The zero-order valence-electron chi connectivity index (χ0n) is 21.8. The fourth-order valence-corrected chi connectivity index (χ4v) is 4.99. The first-order valence-corrected chi connectivity index (χ1v) is 13.9. The molecule has 1 aliphatic rings. The Morgan fingerprint density at radius 3 is 2.37 bits per heavy atom. The number of guanidine groups is 1. The van der Waals surface area contributed by atoms with Crippen LogP contribution in [0.2, 0.25) is 0 Å². The lowest BCUT2D eigenvalue weighted by atomic mass is 9.84. The third-order valence-corrected chi connectivity index (χ3v) is 7.47. The molecule has 1 fully saturated rings. The van der Waals surface area contributed by atoms with Gasteiger partial charge in [-0.1, -0.05) is 38.2 Å². The maximum Gasteiger partial charge on any atom is 0.258 e.